The number of nitrogens with zero attached hydrogens (tertiary/aromatic N) is 4. The van der Waals surface area contributed by atoms with Crippen LogP contribution in [-0.4, -0.2) is 63.9 Å². The number of carbonyl (C=O) groups excluding carboxylic acids is 2. The summed E-state index contributed by atoms with van der Waals surface area (Å²) in [6.45, 7) is 6.22. The smallest absolute Gasteiger partial charge is 0.262 e. The topological polar surface area (TPSA) is 58.4 Å². The first-order chi connectivity index (χ1) is 15.5. The molecule has 0 unspecified atom stereocenters. The Hall–Kier alpha value is -3.25. The zero-order valence-corrected chi connectivity index (χ0v) is 18.8. The van der Waals surface area contributed by atoms with Crippen molar-refractivity contribution in [2.45, 2.75) is 26.3 Å². The molecule has 164 valence electrons. The Labute approximate surface area is 188 Å². The van der Waals surface area contributed by atoms with E-state index in [4.69, 9.17) is 0 Å². The van der Waals surface area contributed by atoms with E-state index in [1.165, 1.54) is 11.1 Å². The fourth-order valence-electron chi connectivity index (χ4n) is 5.28. The van der Waals surface area contributed by atoms with Crippen LogP contribution in [0.5, 0.6) is 0 Å². The van der Waals surface area contributed by atoms with E-state index in [2.05, 4.69) is 29.1 Å². The van der Waals surface area contributed by atoms with Crippen LogP contribution in [0.25, 0.3) is 16.5 Å². The van der Waals surface area contributed by atoms with Gasteiger partial charge in [0.1, 0.15) is 0 Å². The molecule has 0 fully saturated rings. The maximum Gasteiger partial charge on any atom is 0.262 e. The average Bonchev–Trinajstić information content (AvgIpc) is 3.20. The van der Waals surface area contributed by atoms with E-state index in [-0.39, 0.29) is 23.8 Å². The van der Waals surface area contributed by atoms with Gasteiger partial charge in [-0.3, -0.25) is 24.0 Å². The van der Waals surface area contributed by atoms with Crippen LogP contribution in [0.1, 0.15) is 35.3 Å². The van der Waals surface area contributed by atoms with Crippen molar-refractivity contribution in [3.05, 3.63) is 71.7 Å². The standard InChI is InChI=1S/C26H28N4O2/c1-4-29(5-2)25(31)19-13-21-20-7-6-8-22-24(20)18(14-23(21)28(3)15-19)16-30(22)26(32)17-9-11-27-12-10-17/h6-13,16,19,23H,4-5,14-15H2,1-3H3/t19-,23-/m1/s1. The Morgan fingerprint density at radius 1 is 1.12 bits per heavy atom. The molecule has 0 spiro atoms. The zero-order chi connectivity index (χ0) is 22.4. The molecule has 6 nitrogen and oxygen atoms in total. The van der Waals surface area contributed by atoms with Gasteiger partial charge in [-0.1, -0.05) is 18.2 Å². The van der Waals surface area contributed by atoms with Gasteiger partial charge in [0.25, 0.3) is 5.91 Å². The number of pyridine rings is 1. The van der Waals surface area contributed by atoms with Crippen LogP contribution in [0.3, 0.4) is 0 Å². The molecule has 5 rings (SSSR count). The third-order valence-corrected chi connectivity index (χ3v) is 6.93. The lowest BCUT2D eigenvalue weighted by atomic mass is 9.79. The third-order valence-electron chi connectivity index (χ3n) is 6.93. The van der Waals surface area contributed by atoms with Crippen molar-refractivity contribution in [3.63, 3.8) is 0 Å². The van der Waals surface area contributed by atoms with Crippen LogP contribution >= 0.6 is 0 Å². The predicted octanol–water partition coefficient (Wildman–Crippen LogP) is 3.46. The Balaban J connectivity index is 1.61. The fourth-order valence-corrected chi connectivity index (χ4v) is 5.28. The second kappa shape index (κ2) is 8.02. The molecule has 2 atom stereocenters. The highest BCUT2D eigenvalue weighted by Gasteiger charge is 2.37. The van der Waals surface area contributed by atoms with E-state index < -0.39 is 0 Å². The van der Waals surface area contributed by atoms with Gasteiger partial charge in [-0.15, -0.1) is 0 Å². The molecule has 0 bridgehead atoms. The number of likely N-dealkylation sites (N-methyl/N-ethyl adjacent to an activating group) is 1. The fraction of sp³-hybridized carbons (Fsp3) is 0.346. The molecule has 3 aromatic rings. The molecule has 0 radical (unpaired) electrons. The Kier molecular flexibility index (Phi) is 5.18. The Bertz CT molecular complexity index is 1220. The second-order valence-corrected chi connectivity index (χ2v) is 8.66. The summed E-state index contributed by atoms with van der Waals surface area (Å²) in [6, 6.07) is 9.85. The van der Waals surface area contributed by atoms with Crippen molar-refractivity contribution in [2.24, 2.45) is 5.92 Å². The quantitative estimate of drug-likeness (QED) is 0.639. The minimum absolute atomic E-state index is 0.0532. The molecule has 0 N–H and O–H groups in total. The SMILES string of the molecule is CCN(CC)C(=O)[C@@H]1C=C2c3cccc4c3c(cn4C(=O)c3ccncc3)C[C@H]2N(C)C1. The van der Waals surface area contributed by atoms with Crippen LogP contribution in [0.4, 0.5) is 0 Å². The van der Waals surface area contributed by atoms with Crippen molar-refractivity contribution in [1.29, 1.82) is 0 Å². The third kappa shape index (κ3) is 3.17. The summed E-state index contributed by atoms with van der Waals surface area (Å²) in [6.07, 6.45) is 8.30. The normalized spacial score (nSPS) is 20.0. The number of benzene rings is 1. The minimum atomic E-state index is -0.150. The van der Waals surface area contributed by atoms with Gasteiger partial charge in [0.2, 0.25) is 5.91 Å². The van der Waals surface area contributed by atoms with Crippen molar-refractivity contribution < 1.29 is 9.59 Å². The van der Waals surface area contributed by atoms with E-state index in [1.807, 2.05) is 37.1 Å². The molecule has 2 aliphatic rings. The van der Waals surface area contributed by atoms with Crippen molar-refractivity contribution >= 4 is 28.3 Å². The summed E-state index contributed by atoms with van der Waals surface area (Å²) in [7, 11) is 2.10. The monoisotopic (exact) mass is 428 g/mol. The molecule has 0 saturated heterocycles. The van der Waals surface area contributed by atoms with E-state index in [0.29, 0.717) is 12.1 Å². The van der Waals surface area contributed by atoms with E-state index >= 15 is 0 Å². The number of hydrogen-bond donors (Lipinski definition) is 0. The molecular formula is C26H28N4O2. The largest absolute Gasteiger partial charge is 0.343 e. The summed E-state index contributed by atoms with van der Waals surface area (Å²) in [5.74, 6) is -0.0118. The summed E-state index contributed by atoms with van der Waals surface area (Å²) < 4.78 is 1.76. The van der Waals surface area contributed by atoms with Crippen LogP contribution in [-0.2, 0) is 11.2 Å². The first-order valence-electron chi connectivity index (χ1n) is 11.3. The van der Waals surface area contributed by atoms with Gasteiger partial charge in [-0.05, 0) is 62.2 Å². The van der Waals surface area contributed by atoms with Gasteiger partial charge >= 0.3 is 0 Å². The Morgan fingerprint density at radius 3 is 2.59 bits per heavy atom. The van der Waals surface area contributed by atoms with Gasteiger partial charge in [-0.2, -0.15) is 0 Å². The lowest BCUT2D eigenvalue weighted by Crippen LogP contribution is -2.47. The highest BCUT2D eigenvalue weighted by Crippen LogP contribution is 2.42. The second-order valence-electron chi connectivity index (χ2n) is 8.66. The van der Waals surface area contributed by atoms with Gasteiger partial charge < -0.3 is 4.90 Å². The maximum atomic E-state index is 13.2. The first-order valence-corrected chi connectivity index (χ1v) is 11.3. The van der Waals surface area contributed by atoms with Crippen LogP contribution in [0.15, 0.2) is 55.0 Å². The van der Waals surface area contributed by atoms with Gasteiger partial charge in [-0.25, -0.2) is 0 Å². The molecule has 1 amide bonds. The number of rotatable bonds is 4. The van der Waals surface area contributed by atoms with Crippen LogP contribution < -0.4 is 0 Å². The summed E-state index contributed by atoms with van der Waals surface area (Å²) >= 11 is 0. The van der Waals surface area contributed by atoms with Crippen molar-refractivity contribution in [2.75, 3.05) is 26.7 Å². The molecular weight excluding hydrogens is 400 g/mol. The number of fused-ring (bicyclic) bond motifs is 2. The number of carbonyl (C=O) groups is 2. The highest BCUT2D eigenvalue weighted by atomic mass is 16.2. The molecule has 32 heavy (non-hydrogen) atoms. The number of hydrogen-bond acceptors (Lipinski definition) is 4. The molecule has 1 aromatic carbocycles. The van der Waals surface area contributed by atoms with Gasteiger partial charge in [0.05, 0.1) is 11.4 Å². The van der Waals surface area contributed by atoms with Crippen LogP contribution in [0, 0.1) is 5.92 Å². The predicted molar refractivity (Wildman–Crippen MR) is 125 cm³/mol. The van der Waals surface area contributed by atoms with Gasteiger partial charge in [0, 0.05) is 55.2 Å². The molecule has 1 aliphatic carbocycles. The lowest BCUT2D eigenvalue weighted by molar-refractivity contribution is -0.134. The summed E-state index contributed by atoms with van der Waals surface area (Å²) in [5.41, 5.74) is 5.06. The first kappa shape index (κ1) is 20.6. The lowest BCUT2D eigenvalue weighted by Gasteiger charge is -2.40. The molecule has 1 aliphatic heterocycles. The molecule has 3 heterocycles. The van der Waals surface area contributed by atoms with E-state index in [9.17, 15) is 9.59 Å². The molecule has 0 saturated carbocycles. The molecule has 6 heteroatoms. The molecule has 2 aromatic heterocycles. The van der Waals surface area contributed by atoms with E-state index in [0.717, 1.165) is 36.0 Å². The Morgan fingerprint density at radius 2 is 1.88 bits per heavy atom. The highest BCUT2D eigenvalue weighted by molar-refractivity contribution is 6.07. The summed E-state index contributed by atoms with van der Waals surface area (Å²) in [4.78, 5) is 34.6. The minimum Gasteiger partial charge on any atom is -0.343 e. The average molecular weight is 429 g/mol. The number of amides is 1. The maximum absolute atomic E-state index is 13.2. The van der Waals surface area contributed by atoms with Crippen molar-refractivity contribution in [1.82, 2.24) is 19.4 Å². The zero-order valence-electron chi connectivity index (χ0n) is 18.8. The van der Waals surface area contributed by atoms with Crippen molar-refractivity contribution in [3.8, 4) is 0 Å². The van der Waals surface area contributed by atoms with Gasteiger partial charge in [0.15, 0.2) is 0 Å². The summed E-state index contributed by atoms with van der Waals surface area (Å²) in [5, 5.41) is 1.13. The van der Waals surface area contributed by atoms with Crippen LogP contribution in [0.2, 0.25) is 0 Å². The van der Waals surface area contributed by atoms with E-state index in [1.54, 1.807) is 29.1 Å². The number of aromatic nitrogens is 2.